The minimum absolute atomic E-state index is 0.0230. The monoisotopic (exact) mass is 409 g/mol. The minimum Gasteiger partial charge on any atom is -0.355 e. The van der Waals surface area contributed by atoms with Crippen LogP contribution in [0.25, 0.3) is 5.69 Å². The fraction of sp³-hybridized carbons (Fsp3) is 0.522. The number of nitrogens with one attached hydrogen (secondary N) is 1. The molecule has 30 heavy (non-hydrogen) atoms. The summed E-state index contributed by atoms with van der Waals surface area (Å²) in [5, 5.41) is 7.70. The molecular weight excluding hydrogens is 378 g/mol. The Labute approximate surface area is 178 Å². The van der Waals surface area contributed by atoms with Gasteiger partial charge in [-0.1, -0.05) is 31.5 Å². The Morgan fingerprint density at radius 1 is 1.07 bits per heavy atom. The highest BCUT2D eigenvalue weighted by Crippen LogP contribution is 2.28. The van der Waals surface area contributed by atoms with Gasteiger partial charge in [-0.15, -0.1) is 0 Å². The van der Waals surface area contributed by atoms with Gasteiger partial charge in [-0.05, 0) is 37.8 Å². The number of para-hydroxylation sites is 1. The highest BCUT2D eigenvalue weighted by molar-refractivity contribution is 5.94. The molecule has 0 bridgehead atoms. The Morgan fingerprint density at radius 3 is 2.57 bits per heavy atom. The van der Waals surface area contributed by atoms with Crippen molar-refractivity contribution in [2.24, 2.45) is 0 Å². The van der Waals surface area contributed by atoms with Gasteiger partial charge < -0.3 is 10.2 Å². The molecule has 2 amide bonds. The topological polar surface area (TPSA) is 70.5 Å². The zero-order chi connectivity index (χ0) is 20.9. The van der Waals surface area contributed by atoms with Crippen molar-refractivity contribution < 1.29 is 9.59 Å². The molecule has 0 radical (unpaired) electrons. The van der Waals surface area contributed by atoms with Crippen molar-refractivity contribution in [3.05, 3.63) is 47.3 Å². The second-order valence-corrected chi connectivity index (χ2v) is 8.15. The number of carbonyl (C=O) groups is 2. The van der Waals surface area contributed by atoms with Gasteiger partial charge in [0.1, 0.15) is 0 Å². The maximum absolute atomic E-state index is 13.3. The van der Waals surface area contributed by atoms with E-state index >= 15 is 0 Å². The van der Waals surface area contributed by atoms with E-state index in [1.807, 2.05) is 39.9 Å². The summed E-state index contributed by atoms with van der Waals surface area (Å²) in [6.07, 6.45) is 5.03. The molecule has 1 N–H and O–H groups in total. The first kappa shape index (κ1) is 20.6. The van der Waals surface area contributed by atoms with Crippen LogP contribution in [0.2, 0.25) is 0 Å². The third-order valence-corrected chi connectivity index (χ3v) is 6.01. The van der Waals surface area contributed by atoms with E-state index in [1.165, 1.54) is 5.69 Å². The molecule has 7 nitrogen and oxygen atoms in total. The lowest BCUT2D eigenvalue weighted by molar-refractivity contribution is -0.122. The lowest BCUT2D eigenvalue weighted by Crippen LogP contribution is -2.51. The van der Waals surface area contributed by atoms with Crippen LogP contribution in [-0.2, 0) is 17.6 Å². The molecular formula is C23H31N5O2. The van der Waals surface area contributed by atoms with Crippen LogP contribution in [-0.4, -0.2) is 70.7 Å². The smallest absolute Gasteiger partial charge is 0.274 e. The number of hydrogen-bond acceptors (Lipinski definition) is 4. The lowest BCUT2D eigenvalue weighted by Gasteiger charge is -2.34. The van der Waals surface area contributed by atoms with Crippen molar-refractivity contribution in [1.82, 2.24) is 24.9 Å². The van der Waals surface area contributed by atoms with Gasteiger partial charge >= 0.3 is 0 Å². The summed E-state index contributed by atoms with van der Waals surface area (Å²) in [7, 11) is 0. The molecule has 1 fully saturated rings. The molecule has 0 spiro atoms. The van der Waals surface area contributed by atoms with Crippen molar-refractivity contribution in [2.75, 3.05) is 39.3 Å². The molecule has 0 saturated carbocycles. The largest absolute Gasteiger partial charge is 0.355 e. The van der Waals surface area contributed by atoms with Crippen LogP contribution in [0.1, 0.15) is 47.9 Å². The number of benzene rings is 1. The highest BCUT2D eigenvalue weighted by Gasteiger charge is 2.31. The average molecular weight is 410 g/mol. The van der Waals surface area contributed by atoms with E-state index in [-0.39, 0.29) is 11.8 Å². The Balaban J connectivity index is 1.39. The Hall–Kier alpha value is -2.67. The number of carbonyl (C=O) groups excluding carboxylic acids is 2. The van der Waals surface area contributed by atoms with Crippen molar-refractivity contribution in [2.45, 2.75) is 39.0 Å². The van der Waals surface area contributed by atoms with E-state index in [0.29, 0.717) is 38.4 Å². The molecule has 0 atom stereocenters. The average Bonchev–Trinajstić information content (AvgIpc) is 3.37. The molecule has 1 aliphatic heterocycles. The van der Waals surface area contributed by atoms with Crippen LogP contribution < -0.4 is 5.32 Å². The van der Waals surface area contributed by atoms with Crippen LogP contribution in [0.4, 0.5) is 0 Å². The van der Waals surface area contributed by atoms with Crippen LogP contribution in [0, 0.1) is 0 Å². The summed E-state index contributed by atoms with van der Waals surface area (Å²) < 4.78 is 1.95. The molecule has 2 heterocycles. The first-order valence-corrected chi connectivity index (χ1v) is 11.1. The predicted molar refractivity (Wildman–Crippen MR) is 116 cm³/mol. The molecule has 1 aromatic heterocycles. The summed E-state index contributed by atoms with van der Waals surface area (Å²) in [5.41, 5.74) is 3.90. The summed E-state index contributed by atoms with van der Waals surface area (Å²) >= 11 is 0. The summed E-state index contributed by atoms with van der Waals surface area (Å²) in [6.45, 7) is 5.96. The quantitative estimate of drug-likeness (QED) is 0.711. The maximum atomic E-state index is 13.3. The van der Waals surface area contributed by atoms with Crippen LogP contribution >= 0.6 is 0 Å². The van der Waals surface area contributed by atoms with Gasteiger partial charge in [-0.25, -0.2) is 4.68 Å². The second kappa shape index (κ2) is 9.43. The van der Waals surface area contributed by atoms with E-state index in [9.17, 15) is 9.59 Å². The summed E-state index contributed by atoms with van der Waals surface area (Å²) in [5.74, 6) is 0.0949. The molecule has 4 rings (SSSR count). The lowest BCUT2D eigenvalue weighted by atomic mass is 10.1. The summed E-state index contributed by atoms with van der Waals surface area (Å²) in [6, 6.07) is 10.0. The number of aromatic nitrogens is 2. The third kappa shape index (κ3) is 4.41. The van der Waals surface area contributed by atoms with Gasteiger partial charge in [-0.3, -0.25) is 14.5 Å². The molecule has 1 aromatic carbocycles. The van der Waals surface area contributed by atoms with Gasteiger partial charge in [-0.2, -0.15) is 5.10 Å². The Kier molecular flexibility index (Phi) is 6.47. The van der Waals surface area contributed by atoms with Crippen molar-refractivity contribution in [1.29, 1.82) is 0 Å². The molecule has 0 unspecified atom stereocenters. The zero-order valence-electron chi connectivity index (χ0n) is 17.8. The van der Waals surface area contributed by atoms with E-state index in [0.717, 1.165) is 49.9 Å². The van der Waals surface area contributed by atoms with Crippen molar-refractivity contribution in [3.8, 4) is 5.69 Å². The SMILES string of the molecule is CCCCNC(=O)CN1CCN(C(=O)c2nn(-c3ccccc3)c3c2CCC3)CC1. The zero-order valence-corrected chi connectivity index (χ0v) is 17.8. The molecule has 2 aromatic rings. The number of nitrogens with zero attached hydrogens (tertiary/aromatic N) is 4. The Morgan fingerprint density at radius 2 is 1.83 bits per heavy atom. The van der Waals surface area contributed by atoms with E-state index in [2.05, 4.69) is 17.1 Å². The highest BCUT2D eigenvalue weighted by atomic mass is 16.2. The van der Waals surface area contributed by atoms with Crippen LogP contribution in [0.15, 0.2) is 30.3 Å². The summed E-state index contributed by atoms with van der Waals surface area (Å²) in [4.78, 5) is 29.3. The van der Waals surface area contributed by atoms with Gasteiger partial charge in [0.15, 0.2) is 5.69 Å². The van der Waals surface area contributed by atoms with Crippen LogP contribution in [0.5, 0.6) is 0 Å². The molecule has 1 aliphatic carbocycles. The first-order valence-electron chi connectivity index (χ1n) is 11.1. The van der Waals surface area contributed by atoms with Crippen molar-refractivity contribution in [3.63, 3.8) is 0 Å². The molecule has 1 saturated heterocycles. The maximum Gasteiger partial charge on any atom is 0.274 e. The minimum atomic E-state index is 0.0230. The number of rotatable bonds is 7. The second-order valence-electron chi connectivity index (χ2n) is 8.15. The predicted octanol–water partition coefficient (Wildman–Crippen LogP) is 2.04. The number of unbranched alkanes of at least 4 members (excludes halogenated alkanes) is 1. The standard InChI is InChI=1S/C23H31N5O2/c1-2-3-12-24-21(29)17-26-13-15-27(16-14-26)23(30)22-19-10-7-11-20(19)28(25-22)18-8-5-4-6-9-18/h4-6,8-9H,2-3,7,10-17H2,1H3,(H,24,29). The number of piperazine rings is 1. The molecule has 7 heteroatoms. The van der Waals surface area contributed by atoms with E-state index in [1.54, 1.807) is 0 Å². The molecule has 160 valence electrons. The van der Waals surface area contributed by atoms with Gasteiger partial charge in [0.05, 0.1) is 12.2 Å². The van der Waals surface area contributed by atoms with Crippen molar-refractivity contribution >= 4 is 11.8 Å². The normalized spacial score (nSPS) is 16.5. The van der Waals surface area contributed by atoms with Gasteiger partial charge in [0, 0.05) is 44.0 Å². The van der Waals surface area contributed by atoms with E-state index < -0.39 is 0 Å². The number of amides is 2. The number of hydrogen-bond donors (Lipinski definition) is 1. The Bertz CT molecular complexity index is 884. The fourth-order valence-corrected chi connectivity index (χ4v) is 4.31. The van der Waals surface area contributed by atoms with Gasteiger partial charge in [0.25, 0.3) is 5.91 Å². The molecule has 2 aliphatic rings. The fourth-order valence-electron chi connectivity index (χ4n) is 4.31. The number of fused-ring (bicyclic) bond motifs is 1. The van der Waals surface area contributed by atoms with Crippen LogP contribution in [0.3, 0.4) is 0 Å². The van der Waals surface area contributed by atoms with E-state index in [4.69, 9.17) is 5.10 Å². The first-order chi connectivity index (χ1) is 14.7. The third-order valence-electron chi connectivity index (χ3n) is 6.01. The van der Waals surface area contributed by atoms with Gasteiger partial charge in [0.2, 0.25) is 5.91 Å².